The molecular weight excluding hydrogens is 291 g/mol. The van der Waals surface area contributed by atoms with Crippen LogP contribution in [0.1, 0.15) is 24.1 Å². The van der Waals surface area contributed by atoms with Crippen LogP contribution < -0.4 is 10.5 Å². The third-order valence-electron chi connectivity index (χ3n) is 3.15. The number of sulfonamides is 1. The average Bonchev–Trinajstić information content (AvgIpc) is 2.47. The minimum absolute atomic E-state index is 0.166. The first-order chi connectivity index (χ1) is 9.92. The van der Waals surface area contributed by atoms with Gasteiger partial charge in [0.1, 0.15) is 5.82 Å². The van der Waals surface area contributed by atoms with Crippen molar-refractivity contribution in [1.29, 1.82) is 0 Å². The largest absolute Gasteiger partial charge is 0.326 e. The molecule has 0 saturated carbocycles. The number of halogens is 1. The molecule has 4 nitrogen and oxygen atoms in total. The Morgan fingerprint density at radius 3 is 2.48 bits per heavy atom. The molecule has 0 amide bonds. The summed E-state index contributed by atoms with van der Waals surface area (Å²) in [7, 11) is -3.65. The highest BCUT2D eigenvalue weighted by Crippen LogP contribution is 2.18. The van der Waals surface area contributed by atoms with E-state index in [0.717, 1.165) is 5.56 Å². The fourth-order valence-electron chi connectivity index (χ4n) is 1.96. The fraction of sp³-hybridized carbons (Fsp3) is 0.200. The highest BCUT2D eigenvalue weighted by atomic mass is 32.2. The molecule has 3 N–H and O–H groups in total. The lowest BCUT2D eigenvalue weighted by Gasteiger charge is -2.15. The summed E-state index contributed by atoms with van der Waals surface area (Å²) in [5, 5.41) is 0. The number of nitrogens with two attached hydrogens (primary N) is 1. The molecule has 2 aromatic rings. The van der Waals surface area contributed by atoms with Gasteiger partial charge in [-0.25, -0.2) is 17.5 Å². The summed E-state index contributed by atoms with van der Waals surface area (Å²) in [5.41, 5.74) is 6.95. The Hall–Kier alpha value is -1.76. The van der Waals surface area contributed by atoms with Gasteiger partial charge >= 0.3 is 0 Å². The first-order valence-corrected chi connectivity index (χ1v) is 7.97. The minimum atomic E-state index is -3.65. The van der Waals surface area contributed by atoms with Crippen molar-refractivity contribution >= 4 is 10.0 Å². The van der Waals surface area contributed by atoms with E-state index in [1.807, 2.05) is 0 Å². The molecule has 0 fully saturated rings. The monoisotopic (exact) mass is 308 g/mol. The predicted molar refractivity (Wildman–Crippen MR) is 79.5 cm³/mol. The molecule has 6 heteroatoms. The van der Waals surface area contributed by atoms with E-state index in [-0.39, 0.29) is 17.3 Å². The Morgan fingerprint density at radius 1 is 1.19 bits per heavy atom. The van der Waals surface area contributed by atoms with Gasteiger partial charge in [0.2, 0.25) is 10.0 Å². The standard InChI is InChI=1S/C15H17FN2O2S/c1-11(13-5-7-14(16)8-6-13)18-21(19,20)15-4-2-3-12(9-15)10-17/h2-9,11,18H,10,17H2,1H3. The Kier molecular flexibility index (Phi) is 4.72. The summed E-state index contributed by atoms with van der Waals surface area (Å²) in [6.45, 7) is 1.98. The second kappa shape index (κ2) is 6.34. The summed E-state index contributed by atoms with van der Waals surface area (Å²) in [4.78, 5) is 0.166. The van der Waals surface area contributed by atoms with Crippen molar-refractivity contribution < 1.29 is 12.8 Å². The topological polar surface area (TPSA) is 72.2 Å². The van der Waals surface area contributed by atoms with Gasteiger partial charge in [0.05, 0.1) is 4.90 Å². The average molecular weight is 308 g/mol. The molecule has 0 aliphatic carbocycles. The zero-order valence-corrected chi connectivity index (χ0v) is 12.4. The van der Waals surface area contributed by atoms with Crippen LogP contribution in [0.4, 0.5) is 4.39 Å². The van der Waals surface area contributed by atoms with Gasteiger partial charge in [0.15, 0.2) is 0 Å². The molecule has 0 saturated heterocycles. The lowest BCUT2D eigenvalue weighted by molar-refractivity contribution is 0.566. The first kappa shape index (κ1) is 15.6. The van der Waals surface area contributed by atoms with E-state index in [1.54, 1.807) is 37.3 Å². The highest BCUT2D eigenvalue weighted by Gasteiger charge is 2.18. The van der Waals surface area contributed by atoms with Crippen molar-refractivity contribution in [2.45, 2.75) is 24.4 Å². The Labute approximate surface area is 123 Å². The van der Waals surface area contributed by atoms with E-state index in [4.69, 9.17) is 5.73 Å². The zero-order valence-electron chi connectivity index (χ0n) is 11.6. The smallest absolute Gasteiger partial charge is 0.241 e. The minimum Gasteiger partial charge on any atom is -0.326 e. The second-order valence-electron chi connectivity index (χ2n) is 4.75. The van der Waals surface area contributed by atoms with Crippen molar-refractivity contribution in [2.75, 3.05) is 0 Å². The van der Waals surface area contributed by atoms with Gasteiger partial charge in [-0.05, 0) is 42.3 Å². The Bertz CT molecular complexity index is 715. The Morgan fingerprint density at radius 2 is 1.86 bits per heavy atom. The van der Waals surface area contributed by atoms with Gasteiger partial charge in [-0.3, -0.25) is 0 Å². The molecule has 1 unspecified atom stereocenters. The van der Waals surface area contributed by atoms with Gasteiger partial charge in [-0.2, -0.15) is 0 Å². The Balaban J connectivity index is 2.22. The van der Waals surface area contributed by atoms with E-state index >= 15 is 0 Å². The summed E-state index contributed by atoms with van der Waals surface area (Å²) < 4.78 is 40.1. The zero-order chi connectivity index (χ0) is 15.5. The molecular formula is C15H17FN2O2S. The lowest BCUT2D eigenvalue weighted by Crippen LogP contribution is -2.27. The lowest BCUT2D eigenvalue weighted by atomic mass is 10.1. The van der Waals surface area contributed by atoms with Crippen LogP contribution in [-0.2, 0) is 16.6 Å². The maximum Gasteiger partial charge on any atom is 0.241 e. The molecule has 2 rings (SSSR count). The number of hydrogen-bond donors (Lipinski definition) is 2. The third-order valence-corrected chi connectivity index (χ3v) is 4.68. The van der Waals surface area contributed by atoms with Gasteiger partial charge < -0.3 is 5.73 Å². The number of benzene rings is 2. The van der Waals surface area contributed by atoms with Crippen LogP contribution in [0.5, 0.6) is 0 Å². The molecule has 0 aliphatic heterocycles. The van der Waals surface area contributed by atoms with Gasteiger partial charge in [0.25, 0.3) is 0 Å². The van der Waals surface area contributed by atoms with Crippen LogP contribution >= 0.6 is 0 Å². The van der Waals surface area contributed by atoms with Crippen LogP contribution in [0, 0.1) is 5.82 Å². The second-order valence-corrected chi connectivity index (χ2v) is 6.46. The molecule has 0 bridgehead atoms. The molecule has 0 aromatic heterocycles. The van der Waals surface area contributed by atoms with Crippen molar-refractivity contribution in [3.8, 4) is 0 Å². The molecule has 0 spiro atoms. The van der Waals surface area contributed by atoms with E-state index in [2.05, 4.69) is 4.72 Å². The number of hydrogen-bond acceptors (Lipinski definition) is 3. The van der Waals surface area contributed by atoms with E-state index < -0.39 is 16.1 Å². The van der Waals surface area contributed by atoms with Crippen LogP contribution in [0.15, 0.2) is 53.4 Å². The van der Waals surface area contributed by atoms with Crippen LogP contribution in [0.2, 0.25) is 0 Å². The molecule has 1 atom stereocenters. The van der Waals surface area contributed by atoms with Gasteiger partial charge in [-0.1, -0.05) is 24.3 Å². The molecule has 0 radical (unpaired) electrons. The van der Waals surface area contributed by atoms with Crippen molar-refractivity contribution in [3.63, 3.8) is 0 Å². The van der Waals surface area contributed by atoms with Crippen LogP contribution in [0.3, 0.4) is 0 Å². The van der Waals surface area contributed by atoms with Crippen molar-refractivity contribution in [1.82, 2.24) is 4.72 Å². The summed E-state index contributed by atoms with van der Waals surface area (Å²) in [6, 6.07) is 11.7. The van der Waals surface area contributed by atoms with Gasteiger partial charge in [0, 0.05) is 12.6 Å². The molecule has 0 aliphatic rings. The van der Waals surface area contributed by atoms with Crippen LogP contribution in [-0.4, -0.2) is 8.42 Å². The summed E-state index contributed by atoms with van der Waals surface area (Å²) in [5.74, 6) is -0.357. The number of nitrogens with one attached hydrogen (secondary N) is 1. The molecule has 112 valence electrons. The van der Waals surface area contributed by atoms with E-state index in [9.17, 15) is 12.8 Å². The summed E-state index contributed by atoms with van der Waals surface area (Å²) in [6.07, 6.45) is 0. The molecule has 0 heterocycles. The summed E-state index contributed by atoms with van der Waals surface area (Å²) >= 11 is 0. The van der Waals surface area contributed by atoms with Crippen LogP contribution in [0.25, 0.3) is 0 Å². The number of rotatable bonds is 5. The predicted octanol–water partition coefficient (Wildman–Crippen LogP) is 2.32. The van der Waals surface area contributed by atoms with E-state index in [0.29, 0.717) is 5.56 Å². The third kappa shape index (κ3) is 3.87. The fourth-order valence-corrected chi connectivity index (χ4v) is 3.26. The molecule has 21 heavy (non-hydrogen) atoms. The maximum absolute atomic E-state index is 12.9. The highest BCUT2D eigenvalue weighted by molar-refractivity contribution is 7.89. The quantitative estimate of drug-likeness (QED) is 0.890. The SMILES string of the molecule is CC(NS(=O)(=O)c1cccc(CN)c1)c1ccc(F)cc1. The molecule has 2 aromatic carbocycles. The maximum atomic E-state index is 12.9. The van der Waals surface area contributed by atoms with Crippen molar-refractivity contribution in [2.24, 2.45) is 5.73 Å². The first-order valence-electron chi connectivity index (χ1n) is 6.49. The van der Waals surface area contributed by atoms with E-state index in [1.165, 1.54) is 18.2 Å². The van der Waals surface area contributed by atoms with Crippen molar-refractivity contribution in [3.05, 3.63) is 65.5 Å². The normalized spacial score (nSPS) is 13.1. The van der Waals surface area contributed by atoms with Gasteiger partial charge in [-0.15, -0.1) is 0 Å².